The van der Waals surface area contributed by atoms with Gasteiger partial charge in [-0.05, 0) is 37.0 Å². The first-order valence-corrected chi connectivity index (χ1v) is 7.39. The summed E-state index contributed by atoms with van der Waals surface area (Å²) >= 11 is 0. The molecule has 1 saturated carbocycles. The van der Waals surface area contributed by atoms with E-state index in [2.05, 4.69) is 20.8 Å². The molecular weight excluding hydrogens is 194 g/mol. The Kier molecular flexibility index (Phi) is 6.41. The topological polar surface area (TPSA) is 26.0 Å². The van der Waals surface area contributed by atoms with Gasteiger partial charge in [0.15, 0.2) is 0 Å². The van der Waals surface area contributed by atoms with Crippen LogP contribution in [0.4, 0.5) is 0 Å². The van der Waals surface area contributed by atoms with E-state index in [0.717, 1.165) is 17.8 Å². The Hall–Kier alpha value is -0.0400. The van der Waals surface area contributed by atoms with Crippen LogP contribution in [0.2, 0.25) is 0 Å². The van der Waals surface area contributed by atoms with Crippen LogP contribution in [-0.4, -0.2) is 6.04 Å². The fourth-order valence-corrected chi connectivity index (χ4v) is 3.09. The number of hydrogen-bond acceptors (Lipinski definition) is 1. The van der Waals surface area contributed by atoms with Crippen LogP contribution in [-0.2, 0) is 0 Å². The van der Waals surface area contributed by atoms with Crippen LogP contribution in [0.25, 0.3) is 0 Å². The monoisotopic (exact) mass is 225 g/mol. The minimum absolute atomic E-state index is 0.480. The first-order chi connectivity index (χ1) is 7.63. The van der Waals surface area contributed by atoms with E-state index in [9.17, 15) is 0 Å². The van der Waals surface area contributed by atoms with Crippen LogP contribution in [0.5, 0.6) is 0 Å². The van der Waals surface area contributed by atoms with Gasteiger partial charge >= 0.3 is 0 Å². The lowest BCUT2D eigenvalue weighted by Gasteiger charge is -2.32. The lowest BCUT2D eigenvalue weighted by atomic mass is 9.76. The summed E-state index contributed by atoms with van der Waals surface area (Å²) in [6, 6.07) is 0.480. The van der Waals surface area contributed by atoms with Crippen molar-refractivity contribution in [2.75, 3.05) is 0 Å². The van der Waals surface area contributed by atoms with Gasteiger partial charge in [-0.15, -0.1) is 0 Å². The second-order valence-corrected chi connectivity index (χ2v) is 6.19. The van der Waals surface area contributed by atoms with Crippen LogP contribution < -0.4 is 5.73 Å². The fraction of sp³-hybridized carbons (Fsp3) is 1.00. The average Bonchev–Trinajstić information content (AvgIpc) is 2.28. The normalized spacial score (nSPS) is 28.3. The summed E-state index contributed by atoms with van der Waals surface area (Å²) in [5.74, 6) is 2.63. The second-order valence-electron chi connectivity index (χ2n) is 6.19. The first kappa shape index (κ1) is 14.0. The number of nitrogens with two attached hydrogens (primary N) is 1. The van der Waals surface area contributed by atoms with Crippen molar-refractivity contribution >= 4 is 0 Å². The van der Waals surface area contributed by atoms with Crippen LogP contribution in [0.3, 0.4) is 0 Å². The van der Waals surface area contributed by atoms with Crippen LogP contribution >= 0.6 is 0 Å². The highest BCUT2D eigenvalue weighted by Crippen LogP contribution is 2.33. The molecule has 0 heterocycles. The third kappa shape index (κ3) is 4.86. The highest BCUT2D eigenvalue weighted by molar-refractivity contribution is 4.80. The van der Waals surface area contributed by atoms with Crippen molar-refractivity contribution in [3.05, 3.63) is 0 Å². The lowest BCUT2D eigenvalue weighted by molar-refractivity contribution is 0.221. The molecule has 0 aromatic carbocycles. The SMILES string of the molecule is CCC1CCCC(C(N)CCCC(C)C)C1. The molecule has 1 aliphatic carbocycles. The van der Waals surface area contributed by atoms with Crippen molar-refractivity contribution in [3.63, 3.8) is 0 Å². The molecule has 0 aliphatic heterocycles. The Morgan fingerprint density at radius 1 is 1.19 bits per heavy atom. The Labute approximate surface area is 102 Å². The molecule has 16 heavy (non-hydrogen) atoms. The van der Waals surface area contributed by atoms with Crippen molar-refractivity contribution in [1.82, 2.24) is 0 Å². The summed E-state index contributed by atoms with van der Waals surface area (Å²) in [6.45, 7) is 6.94. The molecule has 0 aromatic heterocycles. The van der Waals surface area contributed by atoms with Crippen molar-refractivity contribution in [1.29, 1.82) is 0 Å². The average molecular weight is 225 g/mol. The summed E-state index contributed by atoms with van der Waals surface area (Å²) in [7, 11) is 0. The van der Waals surface area contributed by atoms with Gasteiger partial charge in [-0.2, -0.15) is 0 Å². The van der Waals surface area contributed by atoms with Crippen molar-refractivity contribution < 1.29 is 0 Å². The minimum Gasteiger partial charge on any atom is -0.327 e. The highest BCUT2D eigenvalue weighted by Gasteiger charge is 2.25. The summed E-state index contributed by atoms with van der Waals surface area (Å²) < 4.78 is 0. The maximum Gasteiger partial charge on any atom is 0.00672 e. The molecular formula is C15H31N. The third-order valence-electron chi connectivity index (χ3n) is 4.33. The number of rotatable bonds is 6. The van der Waals surface area contributed by atoms with E-state index >= 15 is 0 Å². The van der Waals surface area contributed by atoms with E-state index in [-0.39, 0.29) is 0 Å². The van der Waals surface area contributed by atoms with Gasteiger partial charge in [0.25, 0.3) is 0 Å². The van der Waals surface area contributed by atoms with Gasteiger partial charge in [0.2, 0.25) is 0 Å². The molecule has 0 bridgehead atoms. The van der Waals surface area contributed by atoms with Crippen molar-refractivity contribution in [3.8, 4) is 0 Å². The van der Waals surface area contributed by atoms with E-state index in [1.54, 1.807) is 0 Å². The smallest absolute Gasteiger partial charge is 0.00672 e. The van der Waals surface area contributed by atoms with Gasteiger partial charge in [0.1, 0.15) is 0 Å². The molecule has 96 valence electrons. The maximum atomic E-state index is 6.35. The van der Waals surface area contributed by atoms with E-state index in [0.29, 0.717) is 6.04 Å². The molecule has 0 radical (unpaired) electrons. The fourth-order valence-electron chi connectivity index (χ4n) is 3.09. The van der Waals surface area contributed by atoms with Gasteiger partial charge < -0.3 is 5.73 Å². The zero-order chi connectivity index (χ0) is 12.0. The first-order valence-electron chi connectivity index (χ1n) is 7.39. The molecule has 1 nitrogen and oxygen atoms in total. The zero-order valence-electron chi connectivity index (χ0n) is 11.5. The molecule has 0 aromatic rings. The van der Waals surface area contributed by atoms with Crippen LogP contribution in [0, 0.1) is 17.8 Å². The maximum absolute atomic E-state index is 6.35. The molecule has 0 amide bonds. The highest BCUT2D eigenvalue weighted by atomic mass is 14.6. The van der Waals surface area contributed by atoms with Crippen LogP contribution in [0.1, 0.15) is 72.1 Å². The van der Waals surface area contributed by atoms with Gasteiger partial charge in [-0.1, -0.05) is 52.9 Å². The van der Waals surface area contributed by atoms with Crippen molar-refractivity contribution in [2.24, 2.45) is 23.5 Å². The predicted octanol–water partition coefficient (Wildman–Crippen LogP) is 4.36. The van der Waals surface area contributed by atoms with Gasteiger partial charge in [-0.3, -0.25) is 0 Å². The summed E-state index contributed by atoms with van der Waals surface area (Å²) in [6.07, 6.45) is 10.9. The molecule has 1 fully saturated rings. The zero-order valence-corrected chi connectivity index (χ0v) is 11.5. The molecule has 1 aliphatic rings. The molecule has 3 unspecified atom stereocenters. The molecule has 0 saturated heterocycles. The van der Waals surface area contributed by atoms with E-state index in [4.69, 9.17) is 5.73 Å². The molecule has 1 rings (SSSR count). The summed E-state index contributed by atoms with van der Waals surface area (Å²) in [4.78, 5) is 0. The summed E-state index contributed by atoms with van der Waals surface area (Å²) in [5, 5.41) is 0. The Bertz CT molecular complexity index is 176. The lowest BCUT2D eigenvalue weighted by Crippen LogP contribution is -2.33. The molecule has 3 atom stereocenters. The molecule has 0 spiro atoms. The third-order valence-corrected chi connectivity index (χ3v) is 4.33. The quantitative estimate of drug-likeness (QED) is 0.714. The Morgan fingerprint density at radius 2 is 1.94 bits per heavy atom. The standard InChI is InChI=1S/C15H31N/c1-4-13-8-6-9-14(11-13)15(16)10-5-7-12(2)3/h12-15H,4-11,16H2,1-3H3. The summed E-state index contributed by atoms with van der Waals surface area (Å²) in [5.41, 5.74) is 6.35. The molecule has 2 N–H and O–H groups in total. The van der Waals surface area contributed by atoms with Gasteiger partial charge in [0, 0.05) is 6.04 Å². The Balaban J connectivity index is 2.21. The predicted molar refractivity (Wildman–Crippen MR) is 72.4 cm³/mol. The second kappa shape index (κ2) is 7.32. The van der Waals surface area contributed by atoms with Gasteiger partial charge in [-0.25, -0.2) is 0 Å². The number of hydrogen-bond donors (Lipinski definition) is 1. The van der Waals surface area contributed by atoms with Crippen LogP contribution in [0.15, 0.2) is 0 Å². The molecule has 1 heteroatoms. The van der Waals surface area contributed by atoms with E-state index in [1.807, 2.05) is 0 Å². The minimum atomic E-state index is 0.480. The Morgan fingerprint density at radius 3 is 2.56 bits per heavy atom. The van der Waals surface area contributed by atoms with E-state index < -0.39 is 0 Å². The van der Waals surface area contributed by atoms with Gasteiger partial charge in [0.05, 0.1) is 0 Å². The largest absolute Gasteiger partial charge is 0.327 e. The van der Waals surface area contributed by atoms with E-state index in [1.165, 1.54) is 51.4 Å². The van der Waals surface area contributed by atoms with Crippen molar-refractivity contribution in [2.45, 2.75) is 78.2 Å².